The number of Topliss-reactive ketones (excluding diaryl/α,β-unsaturated/α-hetero) is 1. The second-order valence-corrected chi connectivity index (χ2v) is 9.07. The van der Waals surface area contributed by atoms with Gasteiger partial charge in [0.2, 0.25) is 5.91 Å². The molecule has 1 aromatic heterocycles. The van der Waals surface area contributed by atoms with Gasteiger partial charge in [0, 0.05) is 49.9 Å². The summed E-state index contributed by atoms with van der Waals surface area (Å²) in [5, 5.41) is 0.250. The Morgan fingerprint density at radius 2 is 1.76 bits per heavy atom. The number of nitrogens with zero attached hydrogens (tertiary/aromatic N) is 3. The van der Waals surface area contributed by atoms with Crippen LogP contribution in [0.2, 0.25) is 5.02 Å². The number of likely N-dealkylation sites (tertiary alicyclic amines) is 1. The van der Waals surface area contributed by atoms with Crippen LogP contribution >= 0.6 is 11.6 Å². The van der Waals surface area contributed by atoms with Crippen molar-refractivity contribution < 1.29 is 14.4 Å². The quantitative estimate of drug-likeness (QED) is 0.326. The Balaban J connectivity index is 1.82. The number of piperidine rings is 1. The molecule has 0 saturated carbocycles. The van der Waals surface area contributed by atoms with Gasteiger partial charge in [-0.2, -0.15) is 0 Å². The van der Waals surface area contributed by atoms with Crippen molar-refractivity contribution in [3.8, 4) is 0 Å². The van der Waals surface area contributed by atoms with Crippen molar-refractivity contribution in [2.45, 2.75) is 32.7 Å². The van der Waals surface area contributed by atoms with Crippen LogP contribution in [0.3, 0.4) is 0 Å². The van der Waals surface area contributed by atoms with Gasteiger partial charge in [0.05, 0.1) is 5.02 Å². The van der Waals surface area contributed by atoms with Gasteiger partial charge in [-0.25, -0.2) is 0 Å². The summed E-state index contributed by atoms with van der Waals surface area (Å²) in [6.45, 7) is 9.47. The van der Waals surface area contributed by atoms with Crippen LogP contribution < -0.4 is 5.56 Å². The molecule has 0 bridgehead atoms. The number of hydrogen-bond acceptors (Lipinski definition) is 4. The van der Waals surface area contributed by atoms with Gasteiger partial charge >= 0.3 is 0 Å². The van der Waals surface area contributed by atoms with Crippen LogP contribution in [0.1, 0.15) is 43.1 Å². The van der Waals surface area contributed by atoms with E-state index < -0.39 is 23.3 Å². The third-order valence-electron chi connectivity index (χ3n) is 6.03. The highest BCUT2D eigenvalue weighted by molar-refractivity contribution is 6.30. The van der Waals surface area contributed by atoms with E-state index in [0.29, 0.717) is 44.6 Å². The lowest BCUT2D eigenvalue weighted by atomic mass is 9.93. The van der Waals surface area contributed by atoms with Crippen LogP contribution in [0.15, 0.2) is 65.6 Å². The molecule has 34 heavy (non-hydrogen) atoms. The highest BCUT2D eigenvalue weighted by Gasteiger charge is 2.37. The van der Waals surface area contributed by atoms with Gasteiger partial charge < -0.3 is 9.80 Å². The molecule has 2 heterocycles. The molecule has 1 aliphatic heterocycles. The van der Waals surface area contributed by atoms with Crippen LogP contribution in [0, 0.1) is 5.92 Å². The number of likely N-dealkylation sites (N-methyl/N-ethyl adjacent to an activating group) is 1. The van der Waals surface area contributed by atoms with Crippen molar-refractivity contribution in [3.05, 3.63) is 81.8 Å². The maximum Gasteiger partial charge on any atom is 0.253 e. The third-order valence-corrected chi connectivity index (χ3v) is 6.25. The number of hydrogen-bond donors (Lipinski definition) is 0. The molecule has 1 saturated heterocycles. The maximum atomic E-state index is 13.6. The van der Waals surface area contributed by atoms with Gasteiger partial charge in [-0.15, -0.1) is 0 Å². The number of ketones is 1. The fourth-order valence-corrected chi connectivity index (χ4v) is 4.41. The Bertz CT molecular complexity index is 1120. The first-order valence-electron chi connectivity index (χ1n) is 11.4. The van der Waals surface area contributed by atoms with Crippen molar-refractivity contribution in [2.75, 3.05) is 26.2 Å². The molecular formula is C26H30ClN3O4. The molecule has 2 amide bonds. The summed E-state index contributed by atoms with van der Waals surface area (Å²) in [6.07, 6.45) is 2.31. The van der Waals surface area contributed by atoms with Gasteiger partial charge in [-0.05, 0) is 32.8 Å². The number of carbonyl (C=O) groups excluding carboxylic acids is 3. The molecular weight excluding hydrogens is 454 g/mol. The average Bonchev–Trinajstić information content (AvgIpc) is 2.84. The van der Waals surface area contributed by atoms with Crippen molar-refractivity contribution >= 4 is 29.2 Å². The molecule has 1 aliphatic rings. The molecule has 1 fully saturated rings. The van der Waals surface area contributed by atoms with E-state index in [2.05, 4.69) is 6.58 Å². The summed E-state index contributed by atoms with van der Waals surface area (Å²) in [4.78, 5) is 55.8. The van der Waals surface area contributed by atoms with Crippen LogP contribution in [0.4, 0.5) is 0 Å². The van der Waals surface area contributed by atoms with Crippen molar-refractivity contribution in [1.29, 1.82) is 0 Å². The zero-order valence-corrected chi connectivity index (χ0v) is 20.3. The number of halogens is 1. The van der Waals surface area contributed by atoms with Crippen molar-refractivity contribution in [3.63, 3.8) is 0 Å². The SMILES string of the molecule is C=C(C)CN(CC)C(=O)C1CCN(C(=O)C(C(=O)c2ccccc2)n2cc(Cl)ccc2=O)CC1. The molecule has 0 aliphatic carbocycles. The van der Waals surface area contributed by atoms with Gasteiger partial charge in [0.15, 0.2) is 11.8 Å². The number of benzene rings is 1. The summed E-state index contributed by atoms with van der Waals surface area (Å²) in [5.41, 5.74) is 0.753. The first kappa shape index (κ1) is 25.4. The number of aromatic nitrogens is 1. The zero-order chi connectivity index (χ0) is 24.8. The number of amides is 2. The lowest BCUT2D eigenvalue weighted by Crippen LogP contribution is -2.49. The van der Waals surface area contributed by atoms with Crippen LogP contribution in [-0.4, -0.2) is 58.1 Å². The Labute approximate surface area is 204 Å². The third kappa shape index (κ3) is 5.83. The molecule has 1 atom stereocenters. The zero-order valence-electron chi connectivity index (χ0n) is 19.6. The van der Waals surface area contributed by atoms with Crippen LogP contribution in [0.25, 0.3) is 0 Å². The summed E-state index contributed by atoms with van der Waals surface area (Å²) in [6, 6.07) is 9.72. The van der Waals surface area contributed by atoms with E-state index in [0.717, 1.165) is 10.1 Å². The van der Waals surface area contributed by atoms with Gasteiger partial charge in [0.1, 0.15) is 0 Å². The van der Waals surface area contributed by atoms with Crippen LogP contribution in [-0.2, 0) is 9.59 Å². The molecule has 0 spiro atoms. The summed E-state index contributed by atoms with van der Waals surface area (Å²) in [5.74, 6) is -1.09. The molecule has 0 N–H and O–H groups in total. The van der Waals surface area contributed by atoms with E-state index in [-0.39, 0.29) is 16.8 Å². The van der Waals surface area contributed by atoms with E-state index in [1.165, 1.54) is 18.3 Å². The predicted octanol–water partition coefficient (Wildman–Crippen LogP) is 3.59. The second-order valence-electron chi connectivity index (χ2n) is 8.63. The summed E-state index contributed by atoms with van der Waals surface area (Å²) >= 11 is 6.09. The highest BCUT2D eigenvalue weighted by Crippen LogP contribution is 2.24. The molecule has 2 aromatic rings. The molecule has 7 nitrogen and oxygen atoms in total. The molecule has 0 radical (unpaired) electrons. The maximum absolute atomic E-state index is 13.6. The Hall–Kier alpha value is -3.19. The topological polar surface area (TPSA) is 79.7 Å². The Morgan fingerprint density at radius 3 is 2.35 bits per heavy atom. The summed E-state index contributed by atoms with van der Waals surface area (Å²) < 4.78 is 1.10. The minimum atomic E-state index is -1.36. The van der Waals surface area contributed by atoms with E-state index >= 15 is 0 Å². The first-order valence-corrected chi connectivity index (χ1v) is 11.8. The van der Waals surface area contributed by atoms with E-state index in [1.807, 2.05) is 13.8 Å². The molecule has 1 unspecified atom stereocenters. The predicted molar refractivity (Wildman–Crippen MR) is 132 cm³/mol. The first-order chi connectivity index (χ1) is 16.2. The van der Waals surface area contributed by atoms with Gasteiger partial charge in [-0.1, -0.05) is 54.1 Å². The Kier molecular flexibility index (Phi) is 8.45. The highest BCUT2D eigenvalue weighted by atomic mass is 35.5. The smallest absolute Gasteiger partial charge is 0.253 e. The number of pyridine rings is 1. The minimum absolute atomic E-state index is 0.0561. The minimum Gasteiger partial charge on any atom is -0.340 e. The van der Waals surface area contributed by atoms with Gasteiger partial charge in [-0.3, -0.25) is 23.7 Å². The summed E-state index contributed by atoms with van der Waals surface area (Å²) in [7, 11) is 0. The lowest BCUT2D eigenvalue weighted by molar-refractivity contribution is -0.141. The van der Waals surface area contributed by atoms with E-state index in [1.54, 1.807) is 40.1 Å². The van der Waals surface area contributed by atoms with Crippen LogP contribution in [0.5, 0.6) is 0 Å². The average molecular weight is 484 g/mol. The second kappa shape index (κ2) is 11.3. The number of rotatable bonds is 8. The fraction of sp³-hybridized carbons (Fsp3) is 0.385. The van der Waals surface area contributed by atoms with E-state index in [9.17, 15) is 19.2 Å². The standard InChI is InChI=1S/C26H30ClN3O4/c1-4-28(16-18(2)3)25(33)20-12-14-29(15-13-20)26(34)23(24(32)19-8-6-5-7-9-19)30-17-21(27)10-11-22(30)31/h5-11,17,20,23H,2,4,12-16H2,1,3H3. The van der Waals surface area contributed by atoms with Gasteiger partial charge in [0.25, 0.3) is 11.5 Å². The Morgan fingerprint density at radius 1 is 1.12 bits per heavy atom. The van der Waals surface area contributed by atoms with Crippen molar-refractivity contribution in [1.82, 2.24) is 14.4 Å². The lowest BCUT2D eigenvalue weighted by Gasteiger charge is -2.35. The molecule has 3 rings (SSSR count). The molecule has 8 heteroatoms. The number of carbonyl (C=O) groups is 3. The fourth-order valence-electron chi connectivity index (χ4n) is 4.25. The molecule has 180 valence electrons. The normalized spacial score (nSPS) is 15.0. The molecule has 1 aromatic carbocycles. The van der Waals surface area contributed by atoms with E-state index in [4.69, 9.17) is 11.6 Å². The monoisotopic (exact) mass is 483 g/mol. The van der Waals surface area contributed by atoms with Crippen molar-refractivity contribution in [2.24, 2.45) is 5.92 Å². The largest absolute Gasteiger partial charge is 0.340 e.